The standard InChI is InChI=1S/C7H10N2O4S2/c8-15(12,13)7-9-4-6(14-7)5(11)2-1-3-10/h4,10H,1-3H2,(H2,8,12,13). The summed E-state index contributed by atoms with van der Waals surface area (Å²) in [7, 11) is -3.83. The van der Waals surface area contributed by atoms with Gasteiger partial charge in [0.1, 0.15) is 0 Å². The highest BCUT2D eigenvalue weighted by Gasteiger charge is 2.16. The van der Waals surface area contributed by atoms with Gasteiger partial charge in [0.2, 0.25) is 4.34 Å². The summed E-state index contributed by atoms with van der Waals surface area (Å²) >= 11 is 0.743. The molecule has 1 heterocycles. The molecule has 3 N–H and O–H groups in total. The van der Waals surface area contributed by atoms with E-state index in [1.807, 2.05) is 0 Å². The van der Waals surface area contributed by atoms with Gasteiger partial charge < -0.3 is 5.11 Å². The molecule has 0 saturated heterocycles. The van der Waals surface area contributed by atoms with Crippen LogP contribution in [0.1, 0.15) is 22.5 Å². The van der Waals surface area contributed by atoms with Crippen molar-refractivity contribution in [1.29, 1.82) is 0 Å². The van der Waals surface area contributed by atoms with E-state index in [4.69, 9.17) is 10.2 Å². The second-order valence-corrected chi connectivity index (χ2v) is 5.55. The SMILES string of the molecule is NS(=O)(=O)c1ncc(C(=O)CCCO)s1. The normalized spacial score (nSPS) is 11.6. The van der Waals surface area contributed by atoms with Gasteiger partial charge in [-0.1, -0.05) is 11.3 Å². The number of ketones is 1. The molecule has 0 spiro atoms. The van der Waals surface area contributed by atoms with Gasteiger partial charge in [-0.3, -0.25) is 4.79 Å². The predicted molar refractivity (Wildman–Crippen MR) is 54.1 cm³/mol. The lowest BCUT2D eigenvalue weighted by Gasteiger charge is -1.93. The molecule has 0 radical (unpaired) electrons. The molecule has 1 rings (SSSR count). The van der Waals surface area contributed by atoms with Crippen LogP contribution in [0.5, 0.6) is 0 Å². The average molecular weight is 250 g/mol. The first-order chi connectivity index (χ1) is 6.95. The molecule has 0 aliphatic heterocycles. The highest BCUT2D eigenvalue weighted by Crippen LogP contribution is 2.18. The topological polar surface area (TPSA) is 110 Å². The Morgan fingerprint density at radius 2 is 2.27 bits per heavy atom. The zero-order valence-electron chi connectivity index (χ0n) is 7.71. The minimum Gasteiger partial charge on any atom is -0.396 e. The monoisotopic (exact) mass is 250 g/mol. The number of aromatic nitrogens is 1. The third kappa shape index (κ3) is 3.34. The minimum absolute atomic E-state index is 0.0768. The van der Waals surface area contributed by atoms with Gasteiger partial charge in [-0.2, -0.15) is 0 Å². The summed E-state index contributed by atoms with van der Waals surface area (Å²) < 4.78 is 21.4. The summed E-state index contributed by atoms with van der Waals surface area (Å²) in [6.45, 7) is -0.0768. The molecule has 1 aromatic heterocycles. The maximum atomic E-state index is 11.4. The Hall–Kier alpha value is -0.830. The van der Waals surface area contributed by atoms with Crippen LogP contribution in [-0.2, 0) is 10.0 Å². The van der Waals surface area contributed by atoms with Crippen molar-refractivity contribution in [2.45, 2.75) is 17.2 Å². The number of primary sulfonamides is 1. The van der Waals surface area contributed by atoms with Crippen molar-refractivity contribution >= 4 is 27.1 Å². The summed E-state index contributed by atoms with van der Waals surface area (Å²) in [5.74, 6) is -0.239. The summed E-state index contributed by atoms with van der Waals surface area (Å²) in [5, 5.41) is 13.4. The molecule has 0 saturated carbocycles. The first kappa shape index (κ1) is 12.2. The highest BCUT2D eigenvalue weighted by atomic mass is 32.2. The second-order valence-electron chi connectivity index (χ2n) is 2.79. The van der Waals surface area contributed by atoms with Crippen LogP contribution < -0.4 is 5.14 Å². The van der Waals surface area contributed by atoms with Gasteiger partial charge in [-0.15, -0.1) is 0 Å². The van der Waals surface area contributed by atoms with E-state index in [0.29, 0.717) is 6.42 Å². The van der Waals surface area contributed by atoms with Gasteiger partial charge in [-0.25, -0.2) is 18.5 Å². The third-order valence-electron chi connectivity index (χ3n) is 1.56. The molecule has 0 fully saturated rings. The molecule has 8 heteroatoms. The van der Waals surface area contributed by atoms with E-state index in [0.717, 1.165) is 11.3 Å². The molecular weight excluding hydrogens is 240 g/mol. The lowest BCUT2D eigenvalue weighted by molar-refractivity contribution is 0.0975. The Bertz CT molecular complexity index is 451. The van der Waals surface area contributed by atoms with Gasteiger partial charge in [0.25, 0.3) is 10.0 Å². The van der Waals surface area contributed by atoms with Crippen molar-refractivity contribution in [3.05, 3.63) is 11.1 Å². The number of aliphatic hydroxyl groups excluding tert-OH is 1. The maximum Gasteiger partial charge on any atom is 0.265 e. The highest BCUT2D eigenvalue weighted by molar-refractivity contribution is 7.91. The van der Waals surface area contributed by atoms with Crippen LogP contribution in [0, 0.1) is 0 Å². The predicted octanol–water partition coefficient (Wildman–Crippen LogP) is -0.254. The molecule has 0 aliphatic rings. The summed E-state index contributed by atoms with van der Waals surface area (Å²) in [4.78, 5) is 15.1. The fourth-order valence-corrected chi connectivity index (χ4v) is 2.43. The Kier molecular flexibility index (Phi) is 3.91. The van der Waals surface area contributed by atoms with E-state index in [2.05, 4.69) is 4.98 Å². The van der Waals surface area contributed by atoms with Crippen LogP contribution in [-0.4, -0.2) is 30.9 Å². The van der Waals surface area contributed by atoms with Crippen LogP contribution in [0.2, 0.25) is 0 Å². The number of nitrogens with zero attached hydrogens (tertiary/aromatic N) is 1. The van der Waals surface area contributed by atoms with Gasteiger partial charge in [-0.05, 0) is 6.42 Å². The number of sulfonamides is 1. The van der Waals surface area contributed by atoms with Gasteiger partial charge in [0.05, 0.1) is 11.1 Å². The molecule has 0 atom stereocenters. The number of aliphatic hydroxyl groups is 1. The molecule has 84 valence electrons. The van der Waals surface area contributed by atoms with Crippen LogP contribution in [0.3, 0.4) is 0 Å². The number of hydrogen-bond donors (Lipinski definition) is 2. The van der Waals surface area contributed by atoms with E-state index in [-0.39, 0.29) is 28.0 Å². The smallest absolute Gasteiger partial charge is 0.265 e. The first-order valence-corrected chi connectivity index (χ1v) is 6.44. The van der Waals surface area contributed by atoms with Gasteiger partial charge in [0, 0.05) is 13.0 Å². The summed E-state index contributed by atoms with van der Waals surface area (Å²) in [6.07, 6.45) is 1.70. The van der Waals surface area contributed by atoms with E-state index in [1.54, 1.807) is 0 Å². The fraction of sp³-hybridized carbons (Fsp3) is 0.429. The first-order valence-electron chi connectivity index (χ1n) is 4.08. The Labute approximate surface area is 90.8 Å². The Morgan fingerprint density at radius 3 is 2.73 bits per heavy atom. The molecule has 1 aromatic rings. The Balaban J connectivity index is 2.81. The zero-order valence-corrected chi connectivity index (χ0v) is 9.34. The molecule has 15 heavy (non-hydrogen) atoms. The summed E-state index contributed by atoms with van der Waals surface area (Å²) in [6, 6.07) is 0. The van der Waals surface area contributed by atoms with Crippen molar-refractivity contribution in [2.75, 3.05) is 6.61 Å². The van der Waals surface area contributed by atoms with E-state index in [9.17, 15) is 13.2 Å². The summed E-state index contributed by atoms with van der Waals surface area (Å²) in [5.41, 5.74) is 0. The zero-order chi connectivity index (χ0) is 11.5. The lowest BCUT2D eigenvalue weighted by Crippen LogP contribution is -2.11. The number of Topliss-reactive ketones (excluding diaryl/α,β-unsaturated/α-hetero) is 1. The van der Waals surface area contributed by atoms with Crippen LogP contribution in [0.15, 0.2) is 10.5 Å². The van der Waals surface area contributed by atoms with Gasteiger partial charge in [0.15, 0.2) is 5.78 Å². The molecular formula is C7H10N2O4S2. The second kappa shape index (κ2) is 4.79. The van der Waals surface area contributed by atoms with Crippen molar-refractivity contribution < 1.29 is 18.3 Å². The molecule has 0 bridgehead atoms. The number of nitrogens with two attached hydrogens (primary N) is 1. The Morgan fingerprint density at radius 1 is 1.60 bits per heavy atom. The van der Waals surface area contributed by atoms with Crippen LogP contribution in [0.25, 0.3) is 0 Å². The fourth-order valence-electron chi connectivity index (χ4n) is 0.881. The van der Waals surface area contributed by atoms with Crippen LogP contribution in [0.4, 0.5) is 0 Å². The van der Waals surface area contributed by atoms with Gasteiger partial charge >= 0.3 is 0 Å². The third-order valence-corrected chi connectivity index (χ3v) is 3.94. The van der Waals surface area contributed by atoms with Crippen molar-refractivity contribution in [3.63, 3.8) is 0 Å². The van der Waals surface area contributed by atoms with E-state index in [1.165, 1.54) is 6.20 Å². The molecule has 0 aliphatic carbocycles. The van der Waals surface area contributed by atoms with Crippen molar-refractivity contribution in [2.24, 2.45) is 5.14 Å². The molecule has 6 nitrogen and oxygen atoms in total. The number of hydrogen-bond acceptors (Lipinski definition) is 6. The number of carbonyl (C=O) groups excluding carboxylic acids is 1. The lowest BCUT2D eigenvalue weighted by atomic mass is 10.2. The van der Waals surface area contributed by atoms with E-state index < -0.39 is 10.0 Å². The number of thiazole rings is 1. The largest absolute Gasteiger partial charge is 0.396 e. The number of carbonyl (C=O) groups is 1. The molecule has 0 unspecified atom stereocenters. The number of rotatable bonds is 5. The molecule has 0 amide bonds. The maximum absolute atomic E-state index is 11.4. The quantitative estimate of drug-likeness (QED) is 0.700. The van der Waals surface area contributed by atoms with Crippen molar-refractivity contribution in [1.82, 2.24) is 4.98 Å². The van der Waals surface area contributed by atoms with E-state index >= 15 is 0 Å². The average Bonchev–Trinajstić information content (AvgIpc) is 2.62. The van der Waals surface area contributed by atoms with Crippen molar-refractivity contribution in [3.8, 4) is 0 Å². The molecule has 0 aromatic carbocycles. The van der Waals surface area contributed by atoms with Crippen LogP contribution >= 0.6 is 11.3 Å². The minimum atomic E-state index is -3.83.